The predicted octanol–water partition coefficient (Wildman–Crippen LogP) is 4.11. The zero-order valence-electron chi connectivity index (χ0n) is 15.5. The molecule has 0 spiro atoms. The quantitative estimate of drug-likeness (QED) is 0.693. The van der Waals surface area contributed by atoms with Gasteiger partial charge in [-0.1, -0.05) is 17.7 Å². The van der Waals surface area contributed by atoms with E-state index in [1.165, 1.54) is 0 Å². The summed E-state index contributed by atoms with van der Waals surface area (Å²) >= 11 is 6.11. The number of rotatable bonds is 5. The van der Waals surface area contributed by atoms with Crippen molar-refractivity contribution in [1.82, 2.24) is 15.1 Å². The van der Waals surface area contributed by atoms with Crippen LogP contribution < -0.4 is 5.32 Å². The average molecular weight is 401 g/mol. The number of amides is 1. The molecule has 0 unspecified atom stereocenters. The molecule has 3 heterocycles. The van der Waals surface area contributed by atoms with Crippen LogP contribution in [0, 0.1) is 6.92 Å². The van der Waals surface area contributed by atoms with Gasteiger partial charge in [0.15, 0.2) is 0 Å². The molecule has 4 rings (SSSR count). The highest BCUT2D eigenvalue weighted by atomic mass is 35.5. The molecule has 146 valence electrons. The summed E-state index contributed by atoms with van der Waals surface area (Å²) in [6.45, 7) is 3.88. The van der Waals surface area contributed by atoms with Gasteiger partial charge in [-0.3, -0.25) is 9.69 Å². The van der Waals surface area contributed by atoms with Crippen molar-refractivity contribution >= 4 is 23.2 Å². The number of benzene rings is 1. The number of halogens is 1. The number of piperidine rings is 1. The van der Waals surface area contributed by atoms with E-state index >= 15 is 0 Å². The van der Waals surface area contributed by atoms with Gasteiger partial charge in [0.25, 0.3) is 5.89 Å². The highest BCUT2D eigenvalue weighted by Gasteiger charge is 2.26. The van der Waals surface area contributed by atoms with Crippen molar-refractivity contribution < 1.29 is 13.6 Å². The summed E-state index contributed by atoms with van der Waals surface area (Å²) in [6.07, 6.45) is 4.90. The second-order valence-electron chi connectivity index (χ2n) is 7.02. The van der Waals surface area contributed by atoms with E-state index in [1.54, 1.807) is 24.7 Å². The van der Waals surface area contributed by atoms with Gasteiger partial charge in [0, 0.05) is 16.6 Å². The monoisotopic (exact) mass is 400 g/mol. The summed E-state index contributed by atoms with van der Waals surface area (Å²) in [5.74, 6) is 1.29. The van der Waals surface area contributed by atoms with Crippen LogP contribution in [0.1, 0.15) is 30.2 Å². The lowest BCUT2D eigenvalue weighted by molar-refractivity contribution is -0.117. The van der Waals surface area contributed by atoms with E-state index in [9.17, 15) is 4.79 Å². The first-order valence-electron chi connectivity index (χ1n) is 9.23. The fourth-order valence-electron chi connectivity index (χ4n) is 3.31. The number of anilines is 1. The van der Waals surface area contributed by atoms with Gasteiger partial charge in [-0.05, 0) is 56.6 Å². The minimum atomic E-state index is -0.0431. The van der Waals surface area contributed by atoms with E-state index in [0.29, 0.717) is 29.0 Å². The molecule has 8 heteroatoms. The number of nitrogens with zero attached hydrogens (tertiary/aromatic N) is 3. The summed E-state index contributed by atoms with van der Waals surface area (Å²) in [5.41, 5.74) is 2.48. The van der Waals surface area contributed by atoms with E-state index in [4.69, 9.17) is 20.4 Å². The Morgan fingerprint density at radius 3 is 2.82 bits per heavy atom. The zero-order chi connectivity index (χ0) is 19.5. The summed E-state index contributed by atoms with van der Waals surface area (Å²) in [7, 11) is 0. The van der Waals surface area contributed by atoms with E-state index in [-0.39, 0.29) is 11.8 Å². The average Bonchev–Trinajstić information content (AvgIpc) is 3.37. The fourth-order valence-corrected chi connectivity index (χ4v) is 3.50. The maximum absolute atomic E-state index is 12.3. The Bertz CT molecular complexity index is 946. The molecule has 3 aromatic rings. The van der Waals surface area contributed by atoms with Gasteiger partial charge in [0.1, 0.15) is 6.26 Å². The fraction of sp³-hybridized carbons (Fsp3) is 0.350. The van der Waals surface area contributed by atoms with Crippen LogP contribution in [-0.4, -0.2) is 40.6 Å². The van der Waals surface area contributed by atoms with E-state index in [2.05, 4.69) is 20.4 Å². The number of aromatic nitrogens is 2. The molecule has 1 aliphatic heterocycles. The number of nitrogens with one attached hydrogen (secondary N) is 1. The Kier molecular flexibility index (Phi) is 5.45. The van der Waals surface area contributed by atoms with Gasteiger partial charge in [-0.2, -0.15) is 0 Å². The molecule has 1 saturated heterocycles. The van der Waals surface area contributed by atoms with Gasteiger partial charge >= 0.3 is 0 Å². The number of likely N-dealkylation sites (tertiary alicyclic amines) is 1. The normalized spacial score (nSPS) is 15.6. The van der Waals surface area contributed by atoms with Crippen LogP contribution in [0.4, 0.5) is 5.69 Å². The van der Waals surface area contributed by atoms with Crippen molar-refractivity contribution in [2.75, 3.05) is 25.0 Å². The largest absolute Gasteiger partial charge is 0.472 e. The van der Waals surface area contributed by atoms with E-state index in [0.717, 1.165) is 37.1 Å². The Hall–Kier alpha value is -2.64. The molecule has 0 atom stereocenters. The number of carbonyl (C=O) groups is 1. The Morgan fingerprint density at radius 2 is 2.11 bits per heavy atom. The third-order valence-electron chi connectivity index (χ3n) is 4.97. The summed E-state index contributed by atoms with van der Waals surface area (Å²) in [6, 6.07) is 7.32. The zero-order valence-corrected chi connectivity index (χ0v) is 16.3. The van der Waals surface area contributed by atoms with E-state index < -0.39 is 0 Å². The lowest BCUT2D eigenvalue weighted by Crippen LogP contribution is -2.38. The number of aryl methyl sites for hydroxylation is 1. The molecule has 1 fully saturated rings. The van der Waals surface area contributed by atoms with Gasteiger partial charge < -0.3 is 14.2 Å². The van der Waals surface area contributed by atoms with Crippen LogP contribution in [0.15, 0.2) is 45.6 Å². The lowest BCUT2D eigenvalue weighted by Gasteiger charge is -2.29. The summed E-state index contributed by atoms with van der Waals surface area (Å²) in [5, 5.41) is 11.8. The molecule has 28 heavy (non-hydrogen) atoms. The minimum absolute atomic E-state index is 0.0431. The Morgan fingerprint density at radius 1 is 1.29 bits per heavy atom. The molecular weight excluding hydrogens is 380 g/mol. The van der Waals surface area contributed by atoms with Crippen molar-refractivity contribution in [3.8, 4) is 11.5 Å². The third kappa shape index (κ3) is 4.26. The first kappa shape index (κ1) is 18.7. The maximum atomic E-state index is 12.3. The molecular formula is C20H21ClN4O3. The van der Waals surface area contributed by atoms with Crippen LogP contribution in [0.5, 0.6) is 0 Å². The Labute approximate surface area is 167 Å². The van der Waals surface area contributed by atoms with Gasteiger partial charge in [0.05, 0.1) is 18.4 Å². The molecule has 0 saturated carbocycles. The summed E-state index contributed by atoms with van der Waals surface area (Å²) < 4.78 is 10.8. The second-order valence-corrected chi connectivity index (χ2v) is 7.43. The van der Waals surface area contributed by atoms with Crippen molar-refractivity contribution in [3.05, 3.63) is 53.3 Å². The molecule has 1 aliphatic rings. The molecule has 1 N–H and O–H groups in total. The SMILES string of the molecule is Cc1ccc(NC(=O)CN2CCC(c3nnc(-c4ccoc4)o3)CC2)cc1Cl. The van der Waals surface area contributed by atoms with Crippen LogP contribution in [0.25, 0.3) is 11.5 Å². The smallest absolute Gasteiger partial charge is 0.250 e. The Balaban J connectivity index is 1.28. The molecule has 1 amide bonds. The van der Waals surface area contributed by atoms with Crippen molar-refractivity contribution in [3.63, 3.8) is 0 Å². The van der Waals surface area contributed by atoms with Crippen LogP contribution in [0.3, 0.4) is 0 Å². The molecule has 2 aromatic heterocycles. The highest BCUT2D eigenvalue weighted by Crippen LogP contribution is 2.29. The standard InChI is InChI=1S/C20H21ClN4O3/c1-13-2-3-16(10-17(13)21)22-18(26)11-25-7-4-14(5-8-25)19-23-24-20(28-19)15-6-9-27-12-15/h2-3,6,9-10,12,14H,4-5,7-8,11H2,1H3,(H,22,26). The number of furan rings is 1. The number of hydrogen-bond donors (Lipinski definition) is 1. The maximum Gasteiger partial charge on any atom is 0.250 e. The van der Waals surface area contributed by atoms with Crippen LogP contribution >= 0.6 is 11.6 Å². The second kappa shape index (κ2) is 8.16. The first-order valence-corrected chi connectivity index (χ1v) is 9.60. The van der Waals surface area contributed by atoms with Gasteiger partial charge in [-0.25, -0.2) is 0 Å². The van der Waals surface area contributed by atoms with Crippen molar-refractivity contribution in [1.29, 1.82) is 0 Å². The molecule has 0 radical (unpaired) electrons. The minimum Gasteiger partial charge on any atom is -0.472 e. The molecule has 1 aromatic carbocycles. The number of carbonyl (C=O) groups excluding carboxylic acids is 1. The van der Waals surface area contributed by atoms with Crippen molar-refractivity contribution in [2.45, 2.75) is 25.7 Å². The molecule has 7 nitrogen and oxygen atoms in total. The summed E-state index contributed by atoms with van der Waals surface area (Å²) in [4.78, 5) is 14.5. The third-order valence-corrected chi connectivity index (χ3v) is 5.38. The molecule has 0 bridgehead atoms. The number of hydrogen-bond acceptors (Lipinski definition) is 6. The van der Waals surface area contributed by atoms with Gasteiger partial charge in [-0.15, -0.1) is 10.2 Å². The lowest BCUT2D eigenvalue weighted by atomic mass is 9.97. The van der Waals surface area contributed by atoms with E-state index in [1.807, 2.05) is 19.1 Å². The van der Waals surface area contributed by atoms with Gasteiger partial charge in [0.2, 0.25) is 11.8 Å². The van der Waals surface area contributed by atoms with Crippen LogP contribution in [0.2, 0.25) is 5.02 Å². The highest BCUT2D eigenvalue weighted by molar-refractivity contribution is 6.31. The topological polar surface area (TPSA) is 84.4 Å². The van der Waals surface area contributed by atoms with Crippen molar-refractivity contribution in [2.24, 2.45) is 0 Å². The predicted molar refractivity (Wildman–Crippen MR) is 105 cm³/mol. The first-order chi connectivity index (χ1) is 13.6. The van der Waals surface area contributed by atoms with Crippen LogP contribution in [-0.2, 0) is 4.79 Å². The molecule has 0 aliphatic carbocycles.